The summed E-state index contributed by atoms with van der Waals surface area (Å²) in [6, 6.07) is 20.7. The van der Waals surface area contributed by atoms with E-state index >= 15 is 0 Å². The summed E-state index contributed by atoms with van der Waals surface area (Å²) in [5, 5.41) is 0. The number of imidazole rings is 1. The van der Waals surface area contributed by atoms with E-state index in [1.165, 1.54) is 11.1 Å². The Labute approximate surface area is 119 Å². The molecule has 3 rings (SSSR count). The molecule has 2 aromatic carbocycles. The van der Waals surface area contributed by atoms with E-state index < -0.39 is 0 Å². The standard InChI is InChI=1S/C18H16N2/c1-20-13-12-19-18(20)17(16-10-6-3-7-11-16)14-15-8-4-2-5-9-15/h2-14H,1H3/b17-14+. The lowest BCUT2D eigenvalue weighted by molar-refractivity contribution is 0.892. The molecule has 0 N–H and O–H groups in total. The highest BCUT2D eigenvalue weighted by atomic mass is 15.0. The molecule has 0 unspecified atom stereocenters. The smallest absolute Gasteiger partial charge is 0.140 e. The van der Waals surface area contributed by atoms with Crippen LogP contribution in [0.3, 0.4) is 0 Å². The first-order valence-electron chi connectivity index (χ1n) is 6.64. The molecule has 1 aromatic heterocycles. The van der Waals surface area contributed by atoms with E-state index in [0.717, 1.165) is 11.4 Å². The van der Waals surface area contributed by atoms with Crippen molar-refractivity contribution in [2.75, 3.05) is 0 Å². The molecule has 0 atom stereocenters. The van der Waals surface area contributed by atoms with Crippen molar-refractivity contribution in [1.82, 2.24) is 9.55 Å². The average Bonchev–Trinajstić information content (AvgIpc) is 2.93. The lowest BCUT2D eigenvalue weighted by atomic mass is 10.0. The van der Waals surface area contributed by atoms with Gasteiger partial charge in [0, 0.05) is 25.0 Å². The lowest BCUT2D eigenvalue weighted by Crippen LogP contribution is -1.98. The molecule has 0 spiro atoms. The quantitative estimate of drug-likeness (QED) is 0.651. The normalized spacial score (nSPS) is 11.6. The van der Waals surface area contributed by atoms with Crippen molar-refractivity contribution in [3.05, 3.63) is 90.0 Å². The Morgan fingerprint density at radius 3 is 2.20 bits per heavy atom. The molecule has 0 bridgehead atoms. The van der Waals surface area contributed by atoms with Crippen molar-refractivity contribution >= 4 is 11.6 Å². The Kier molecular flexibility index (Phi) is 3.46. The highest BCUT2D eigenvalue weighted by molar-refractivity contribution is 5.89. The van der Waals surface area contributed by atoms with Gasteiger partial charge in [0.2, 0.25) is 0 Å². The first-order valence-corrected chi connectivity index (χ1v) is 6.64. The summed E-state index contributed by atoms with van der Waals surface area (Å²) in [6.07, 6.45) is 5.98. The summed E-state index contributed by atoms with van der Waals surface area (Å²) in [5.74, 6) is 0.972. The van der Waals surface area contributed by atoms with Crippen molar-refractivity contribution in [3.63, 3.8) is 0 Å². The average molecular weight is 260 g/mol. The van der Waals surface area contributed by atoms with Gasteiger partial charge in [0.05, 0.1) is 0 Å². The van der Waals surface area contributed by atoms with Gasteiger partial charge in [-0.25, -0.2) is 4.98 Å². The zero-order chi connectivity index (χ0) is 13.8. The van der Waals surface area contributed by atoms with Gasteiger partial charge in [-0.05, 0) is 17.2 Å². The van der Waals surface area contributed by atoms with Crippen LogP contribution >= 0.6 is 0 Å². The van der Waals surface area contributed by atoms with E-state index in [2.05, 4.69) is 47.5 Å². The van der Waals surface area contributed by atoms with Crippen molar-refractivity contribution < 1.29 is 0 Å². The predicted octanol–water partition coefficient (Wildman–Crippen LogP) is 4.01. The monoisotopic (exact) mass is 260 g/mol. The van der Waals surface area contributed by atoms with Crippen molar-refractivity contribution in [2.45, 2.75) is 0 Å². The first-order chi connectivity index (χ1) is 9.84. The van der Waals surface area contributed by atoms with Crippen LogP contribution in [-0.2, 0) is 7.05 Å². The molecular formula is C18H16N2. The fraction of sp³-hybridized carbons (Fsp3) is 0.0556. The number of hydrogen-bond acceptors (Lipinski definition) is 1. The maximum absolute atomic E-state index is 4.48. The minimum atomic E-state index is 0.972. The fourth-order valence-corrected chi connectivity index (χ4v) is 2.24. The van der Waals surface area contributed by atoms with Gasteiger partial charge < -0.3 is 4.57 Å². The van der Waals surface area contributed by atoms with Gasteiger partial charge in [-0.1, -0.05) is 60.7 Å². The van der Waals surface area contributed by atoms with Crippen molar-refractivity contribution in [3.8, 4) is 0 Å². The van der Waals surface area contributed by atoms with Crippen LogP contribution in [0.1, 0.15) is 17.0 Å². The summed E-state index contributed by atoms with van der Waals surface area (Å²) < 4.78 is 2.04. The van der Waals surface area contributed by atoms with Gasteiger partial charge in [-0.3, -0.25) is 0 Å². The van der Waals surface area contributed by atoms with Crippen LogP contribution in [0.5, 0.6) is 0 Å². The number of aromatic nitrogens is 2. The molecule has 0 radical (unpaired) electrons. The molecular weight excluding hydrogens is 244 g/mol. The van der Waals surface area contributed by atoms with E-state index in [0.29, 0.717) is 0 Å². The number of hydrogen-bond donors (Lipinski definition) is 0. The zero-order valence-electron chi connectivity index (χ0n) is 11.4. The molecule has 0 amide bonds. The first kappa shape index (κ1) is 12.4. The fourth-order valence-electron chi connectivity index (χ4n) is 2.24. The van der Waals surface area contributed by atoms with Gasteiger partial charge in [0.1, 0.15) is 5.82 Å². The van der Waals surface area contributed by atoms with Gasteiger partial charge in [-0.2, -0.15) is 0 Å². The summed E-state index contributed by atoms with van der Waals surface area (Å²) in [4.78, 5) is 4.48. The molecule has 20 heavy (non-hydrogen) atoms. The van der Waals surface area contributed by atoms with Crippen LogP contribution in [-0.4, -0.2) is 9.55 Å². The maximum Gasteiger partial charge on any atom is 0.140 e. The summed E-state index contributed by atoms with van der Waals surface area (Å²) >= 11 is 0. The number of nitrogens with zero attached hydrogens (tertiary/aromatic N) is 2. The summed E-state index contributed by atoms with van der Waals surface area (Å²) in [7, 11) is 2.02. The van der Waals surface area contributed by atoms with Gasteiger partial charge >= 0.3 is 0 Å². The molecule has 1 heterocycles. The van der Waals surface area contributed by atoms with Crippen LogP contribution in [0.4, 0.5) is 0 Å². The molecule has 2 nitrogen and oxygen atoms in total. The van der Waals surface area contributed by atoms with E-state index in [-0.39, 0.29) is 0 Å². The SMILES string of the molecule is Cn1ccnc1/C(=C/c1ccccc1)c1ccccc1. The van der Waals surface area contributed by atoms with Crippen LogP contribution in [0.25, 0.3) is 11.6 Å². The highest BCUT2D eigenvalue weighted by Gasteiger charge is 2.09. The molecule has 0 aliphatic rings. The van der Waals surface area contributed by atoms with Crippen LogP contribution in [0.15, 0.2) is 73.1 Å². The Hall–Kier alpha value is -2.61. The maximum atomic E-state index is 4.48. The molecule has 0 saturated carbocycles. The second-order valence-corrected chi connectivity index (χ2v) is 4.70. The van der Waals surface area contributed by atoms with Crippen LogP contribution < -0.4 is 0 Å². The minimum Gasteiger partial charge on any atom is -0.334 e. The summed E-state index contributed by atoms with van der Waals surface area (Å²) in [6.45, 7) is 0. The molecule has 98 valence electrons. The van der Waals surface area contributed by atoms with E-state index in [9.17, 15) is 0 Å². The van der Waals surface area contributed by atoms with E-state index in [4.69, 9.17) is 0 Å². The summed E-state index contributed by atoms with van der Waals surface area (Å²) in [5.41, 5.74) is 3.48. The van der Waals surface area contributed by atoms with E-state index in [1.54, 1.807) is 0 Å². The van der Waals surface area contributed by atoms with Crippen LogP contribution in [0.2, 0.25) is 0 Å². The van der Waals surface area contributed by atoms with Gasteiger partial charge in [-0.15, -0.1) is 0 Å². The lowest BCUT2D eigenvalue weighted by Gasteiger charge is -2.08. The van der Waals surface area contributed by atoms with E-state index in [1.807, 2.05) is 48.3 Å². The Morgan fingerprint density at radius 2 is 1.60 bits per heavy atom. The molecule has 2 heteroatoms. The minimum absolute atomic E-state index is 0.972. The number of aryl methyl sites for hydroxylation is 1. The molecule has 0 aliphatic heterocycles. The number of rotatable bonds is 3. The molecule has 0 fully saturated rings. The zero-order valence-corrected chi connectivity index (χ0v) is 11.4. The van der Waals surface area contributed by atoms with Crippen molar-refractivity contribution in [1.29, 1.82) is 0 Å². The number of benzene rings is 2. The Balaban J connectivity index is 2.15. The third kappa shape index (κ3) is 2.54. The topological polar surface area (TPSA) is 17.8 Å². The van der Waals surface area contributed by atoms with Gasteiger partial charge in [0.15, 0.2) is 0 Å². The molecule has 0 saturated heterocycles. The van der Waals surface area contributed by atoms with Crippen LogP contribution in [0, 0.1) is 0 Å². The second-order valence-electron chi connectivity index (χ2n) is 4.70. The largest absolute Gasteiger partial charge is 0.334 e. The Bertz CT molecular complexity index is 709. The van der Waals surface area contributed by atoms with Crippen molar-refractivity contribution in [2.24, 2.45) is 7.05 Å². The Morgan fingerprint density at radius 1 is 0.950 bits per heavy atom. The molecule has 3 aromatic rings. The highest BCUT2D eigenvalue weighted by Crippen LogP contribution is 2.24. The third-order valence-corrected chi connectivity index (χ3v) is 3.26. The second kappa shape index (κ2) is 5.57. The van der Waals surface area contributed by atoms with Gasteiger partial charge in [0.25, 0.3) is 0 Å². The third-order valence-electron chi connectivity index (χ3n) is 3.26. The molecule has 0 aliphatic carbocycles. The predicted molar refractivity (Wildman–Crippen MR) is 83.1 cm³/mol.